The van der Waals surface area contributed by atoms with Gasteiger partial charge in [0.25, 0.3) is 0 Å². The lowest BCUT2D eigenvalue weighted by Crippen LogP contribution is -1.84. The van der Waals surface area contributed by atoms with Gasteiger partial charge in [0, 0.05) is 0 Å². The summed E-state index contributed by atoms with van der Waals surface area (Å²) >= 11 is 0. The molecule has 90 valence electrons. The number of nitrogens with zero attached hydrogens (tertiary/aromatic N) is 1. The lowest BCUT2D eigenvalue weighted by atomic mass is 10.1. The quantitative estimate of drug-likeness (QED) is 0.722. The smallest absolute Gasteiger partial charge is 0.141 e. The van der Waals surface area contributed by atoms with Crippen LogP contribution in [0.15, 0.2) is 42.5 Å². The lowest BCUT2D eigenvalue weighted by Gasteiger charge is -1.97. The first kappa shape index (κ1) is 11.0. The maximum absolute atomic E-state index is 13.7. The fraction of sp³-hybridized carbons (Fsp3) is 0.133. The Labute approximate surface area is 104 Å². The van der Waals surface area contributed by atoms with Gasteiger partial charge >= 0.3 is 0 Å². The molecule has 0 aliphatic carbocycles. The summed E-state index contributed by atoms with van der Waals surface area (Å²) in [6.45, 7) is 2.11. The van der Waals surface area contributed by atoms with Crippen molar-refractivity contribution in [3.8, 4) is 11.4 Å². The molecule has 0 fully saturated rings. The molecular weight excluding hydrogens is 227 g/mol. The lowest BCUT2D eigenvalue weighted by molar-refractivity contribution is 0.630. The standard InChI is InChI=1S/C15H13FN2/c1-2-10-7-8-13-14(9-10)18-15(17-13)11-5-3-4-6-12(11)16/h3-9H,2H2,1H3,(H,17,18). The molecule has 18 heavy (non-hydrogen) atoms. The van der Waals surface area contributed by atoms with Crippen molar-refractivity contribution in [2.75, 3.05) is 0 Å². The number of hydrogen-bond donors (Lipinski definition) is 1. The number of aryl methyl sites for hydroxylation is 1. The fourth-order valence-electron chi connectivity index (χ4n) is 2.06. The van der Waals surface area contributed by atoms with Crippen LogP contribution < -0.4 is 0 Å². The summed E-state index contributed by atoms with van der Waals surface area (Å²) in [5.74, 6) is 0.323. The molecule has 0 saturated carbocycles. The monoisotopic (exact) mass is 240 g/mol. The minimum atomic E-state index is -0.257. The predicted molar refractivity (Wildman–Crippen MR) is 70.9 cm³/mol. The molecule has 1 heterocycles. The Bertz CT molecular complexity index is 701. The van der Waals surface area contributed by atoms with Crippen molar-refractivity contribution in [3.63, 3.8) is 0 Å². The highest BCUT2D eigenvalue weighted by Gasteiger charge is 2.09. The molecule has 0 saturated heterocycles. The normalized spacial score (nSPS) is 11.0. The number of halogens is 1. The number of aromatic amines is 1. The number of hydrogen-bond acceptors (Lipinski definition) is 1. The third-order valence-electron chi connectivity index (χ3n) is 3.08. The molecule has 1 aromatic heterocycles. The number of fused-ring (bicyclic) bond motifs is 1. The van der Waals surface area contributed by atoms with Gasteiger partial charge in [0.15, 0.2) is 0 Å². The van der Waals surface area contributed by atoms with Crippen molar-refractivity contribution >= 4 is 11.0 Å². The molecule has 1 N–H and O–H groups in total. The molecule has 3 heteroatoms. The highest BCUT2D eigenvalue weighted by atomic mass is 19.1. The molecule has 0 radical (unpaired) electrons. The van der Waals surface area contributed by atoms with Gasteiger partial charge in [-0.1, -0.05) is 25.1 Å². The van der Waals surface area contributed by atoms with E-state index in [2.05, 4.69) is 23.0 Å². The van der Waals surface area contributed by atoms with E-state index in [4.69, 9.17) is 0 Å². The molecule has 0 amide bonds. The Balaban J connectivity index is 2.17. The van der Waals surface area contributed by atoms with Crippen molar-refractivity contribution in [2.24, 2.45) is 0 Å². The van der Waals surface area contributed by atoms with Crippen LogP contribution in [0.5, 0.6) is 0 Å². The molecule has 0 aliphatic rings. The molecule has 0 bridgehead atoms. The zero-order valence-corrected chi connectivity index (χ0v) is 10.1. The van der Waals surface area contributed by atoms with E-state index in [9.17, 15) is 4.39 Å². The van der Waals surface area contributed by atoms with Crippen molar-refractivity contribution in [1.29, 1.82) is 0 Å². The van der Waals surface area contributed by atoms with Gasteiger partial charge in [-0.05, 0) is 36.2 Å². The Kier molecular flexibility index (Phi) is 2.59. The van der Waals surface area contributed by atoms with E-state index >= 15 is 0 Å². The molecule has 0 atom stereocenters. The third kappa shape index (κ3) is 1.78. The van der Waals surface area contributed by atoms with Gasteiger partial charge in [-0.2, -0.15) is 0 Å². The van der Waals surface area contributed by atoms with E-state index < -0.39 is 0 Å². The van der Waals surface area contributed by atoms with Gasteiger partial charge in [-0.3, -0.25) is 0 Å². The third-order valence-corrected chi connectivity index (χ3v) is 3.08. The van der Waals surface area contributed by atoms with Crippen LogP contribution in [0.3, 0.4) is 0 Å². The van der Waals surface area contributed by atoms with Crippen molar-refractivity contribution < 1.29 is 4.39 Å². The number of imidazole rings is 1. The summed E-state index contributed by atoms with van der Waals surface area (Å²) in [5.41, 5.74) is 3.57. The van der Waals surface area contributed by atoms with E-state index in [1.165, 1.54) is 11.6 Å². The predicted octanol–water partition coefficient (Wildman–Crippen LogP) is 3.93. The van der Waals surface area contributed by atoms with Crippen LogP contribution in [-0.4, -0.2) is 9.97 Å². The maximum Gasteiger partial charge on any atom is 0.141 e. The van der Waals surface area contributed by atoms with E-state index in [0.29, 0.717) is 11.4 Å². The first-order valence-corrected chi connectivity index (χ1v) is 6.01. The van der Waals surface area contributed by atoms with Gasteiger partial charge < -0.3 is 4.98 Å². The van der Waals surface area contributed by atoms with Gasteiger partial charge in [-0.25, -0.2) is 9.37 Å². The first-order chi connectivity index (χ1) is 8.78. The highest BCUT2D eigenvalue weighted by Crippen LogP contribution is 2.23. The van der Waals surface area contributed by atoms with Crippen molar-refractivity contribution in [1.82, 2.24) is 9.97 Å². The van der Waals surface area contributed by atoms with Crippen molar-refractivity contribution in [3.05, 3.63) is 53.8 Å². The van der Waals surface area contributed by atoms with Crippen LogP contribution in [0.4, 0.5) is 4.39 Å². The summed E-state index contributed by atoms with van der Waals surface area (Å²) in [6.07, 6.45) is 0.976. The topological polar surface area (TPSA) is 28.7 Å². The fourth-order valence-corrected chi connectivity index (χ4v) is 2.06. The van der Waals surface area contributed by atoms with Crippen LogP contribution >= 0.6 is 0 Å². The number of H-pyrrole nitrogens is 1. The molecule has 0 spiro atoms. The molecule has 3 rings (SSSR count). The molecule has 0 unspecified atom stereocenters. The van der Waals surface area contributed by atoms with Crippen LogP contribution in [0, 0.1) is 5.82 Å². The van der Waals surface area contributed by atoms with E-state index in [-0.39, 0.29) is 5.82 Å². The second-order valence-electron chi connectivity index (χ2n) is 4.27. The second-order valence-corrected chi connectivity index (χ2v) is 4.27. The Morgan fingerprint density at radius 3 is 2.78 bits per heavy atom. The molecular formula is C15H13FN2. The number of aromatic nitrogens is 2. The summed E-state index contributed by atoms with van der Waals surface area (Å²) in [4.78, 5) is 7.60. The average molecular weight is 240 g/mol. The first-order valence-electron chi connectivity index (χ1n) is 6.01. The number of benzene rings is 2. The number of nitrogens with one attached hydrogen (secondary N) is 1. The molecule has 3 aromatic rings. The second kappa shape index (κ2) is 4.26. The Morgan fingerprint density at radius 1 is 1.17 bits per heavy atom. The van der Waals surface area contributed by atoms with Crippen LogP contribution in [0.2, 0.25) is 0 Å². The Hall–Kier alpha value is -2.16. The van der Waals surface area contributed by atoms with Gasteiger partial charge in [0.05, 0.1) is 16.6 Å². The van der Waals surface area contributed by atoms with Crippen LogP contribution in [0.1, 0.15) is 12.5 Å². The minimum Gasteiger partial charge on any atom is -0.338 e. The molecule has 2 nitrogen and oxygen atoms in total. The average Bonchev–Trinajstić information content (AvgIpc) is 2.81. The Morgan fingerprint density at radius 2 is 2.00 bits per heavy atom. The summed E-state index contributed by atoms with van der Waals surface area (Å²) in [6, 6.07) is 12.7. The summed E-state index contributed by atoms with van der Waals surface area (Å²) in [7, 11) is 0. The van der Waals surface area contributed by atoms with Crippen LogP contribution in [-0.2, 0) is 6.42 Å². The number of rotatable bonds is 2. The zero-order valence-electron chi connectivity index (χ0n) is 10.1. The van der Waals surface area contributed by atoms with Gasteiger partial charge in [0.2, 0.25) is 0 Å². The van der Waals surface area contributed by atoms with E-state index in [1.807, 2.05) is 18.2 Å². The minimum absolute atomic E-state index is 0.257. The summed E-state index contributed by atoms with van der Waals surface area (Å²) in [5, 5.41) is 0. The zero-order chi connectivity index (χ0) is 12.5. The van der Waals surface area contributed by atoms with Gasteiger partial charge in [-0.15, -0.1) is 0 Å². The largest absolute Gasteiger partial charge is 0.338 e. The molecule has 0 aliphatic heterocycles. The van der Waals surface area contributed by atoms with E-state index in [1.54, 1.807) is 12.1 Å². The highest BCUT2D eigenvalue weighted by molar-refractivity contribution is 5.80. The SMILES string of the molecule is CCc1ccc2nc(-c3ccccc3F)[nH]c2c1. The van der Waals surface area contributed by atoms with E-state index in [0.717, 1.165) is 17.5 Å². The molecule has 2 aromatic carbocycles. The van der Waals surface area contributed by atoms with Crippen molar-refractivity contribution in [2.45, 2.75) is 13.3 Å². The van der Waals surface area contributed by atoms with Gasteiger partial charge in [0.1, 0.15) is 11.6 Å². The van der Waals surface area contributed by atoms with Crippen LogP contribution in [0.25, 0.3) is 22.4 Å². The summed E-state index contributed by atoms with van der Waals surface area (Å²) < 4.78 is 13.7. The maximum atomic E-state index is 13.7.